The van der Waals surface area contributed by atoms with Gasteiger partial charge in [0.05, 0.1) is 5.56 Å². The standard InChI is InChI=1S/C17H12F2N2/c18-11-6-3-7-12(19)16(11)17-20-13-8-1-4-10-5-2-9-14(21-17)15(10)13/h1-9,17,20-21H. The van der Waals surface area contributed by atoms with E-state index in [2.05, 4.69) is 10.6 Å². The number of benzene rings is 3. The first-order chi connectivity index (χ1) is 10.2. The van der Waals surface area contributed by atoms with Crippen molar-refractivity contribution < 1.29 is 8.78 Å². The molecule has 0 radical (unpaired) electrons. The van der Waals surface area contributed by atoms with Crippen LogP contribution in [0, 0.1) is 11.6 Å². The van der Waals surface area contributed by atoms with Gasteiger partial charge < -0.3 is 10.6 Å². The van der Waals surface area contributed by atoms with Crippen LogP contribution in [0.2, 0.25) is 0 Å². The van der Waals surface area contributed by atoms with Crippen LogP contribution in [0.4, 0.5) is 20.2 Å². The molecule has 0 saturated carbocycles. The first-order valence-electron chi connectivity index (χ1n) is 6.73. The van der Waals surface area contributed by atoms with Gasteiger partial charge in [-0.15, -0.1) is 0 Å². The van der Waals surface area contributed by atoms with Gasteiger partial charge in [0, 0.05) is 16.8 Å². The Balaban J connectivity index is 1.87. The predicted octanol–water partition coefficient (Wildman–Crippen LogP) is 4.65. The van der Waals surface area contributed by atoms with E-state index in [9.17, 15) is 8.78 Å². The Morgan fingerprint density at radius 2 is 1.24 bits per heavy atom. The van der Waals surface area contributed by atoms with Crippen molar-refractivity contribution in [1.29, 1.82) is 0 Å². The minimum absolute atomic E-state index is 0.00371. The molecule has 1 aliphatic heterocycles. The van der Waals surface area contributed by atoms with Crippen LogP contribution < -0.4 is 10.6 Å². The Bertz CT molecular complexity index is 784. The molecule has 4 rings (SSSR count). The molecule has 0 spiro atoms. The summed E-state index contributed by atoms with van der Waals surface area (Å²) in [6, 6.07) is 15.6. The van der Waals surface area contributed by atoms with Gasteiger partial charge in [0.2, 0.25) is 0 Å². The van der Waals surface area contributed by atoms with Crippen LogP contribution in [0.25, 0.3) is 10.8 Å². The zero-order valence-corrected chi connectivity index (χ0v) is 11.0. The molecule has 3 aromatic rings. The van der Waals surface area contributed by atoms with E-state index >= 15 is 0 Å². The van der Waals surface area contributed by atoms with E-state index in [1.165, 1.54) is 18.2 Å². The van der Waals surface area contributed by atoms with Gasteiger partial charge >= 0.3 is 0 Å². The van der Waals surface area contributed by atoms with Crippen LogP contribution in [-0.4, -0.2) is 0 Å². The molecule has 0 unspecified atom stereocenters. The van der Waals surface area contributed by atoms with E-state index in [0.717, 1.165) is 22.1 Å². The summed E-state index contributed by atoms with van der Waals surface area (Å²) < 4.78 is 28.0. The van der Waals surface area contributed by atoms with Crippen LogP contribution in [-0.2, 0) is 0 Å². The molecule has 0 bridgehead atoms. The molecule has 0 aromatic heterocycles. The van der Waals surface area contributed by atoms with Crippen molar-refractivity contribution in [1.82, 2.24) is 0 Å². The van der Waals surface area contributed by atoms with Gasteiger partial charge in [-0.25, -0.2) is 8.78 Å². The summed E-state index contributed by atoms with van der Waals surface area (Å²) in [7, 11) is 0. The number of rotatable bonds is 1. The van der Waals surface area contributed by atoms with Gasteiger partial charge in [-0.3, -0.25) is 0 Å². The minimum Gasteiger partial charge on any atom is -0.361 e. The average molecular weight is 282 g/mol. The van der Waals surface area contributed by atoms with Crippen LogP contribution in [0.1, 0.15) is 11.7 Å². The second-order valence-corrected chi connectivity index (χ2v) is 5.07. The predicted molar refractivity (Wildman–Crippen MR) is 80.3 cm³/mol. The van der Waals surface area contributed by atoms with Crippen molar-refractivity contribution >= 4 is 22.1 Å². The molecule has 2 nitrogen and oxygen atoms in total. The Morgan fingerprint density at radius 3 is 1.81 bits per heavy atom. The number of hydrogen-bond acceptors (Lipinski definition) is 2. The van der Waals surface area contributed by atoms with Crippen molar-refractivity contribution in [2.45, 2.75) is 6.17 Å². The van der Waals surface area contributed by atoms with Gasteiger partial charge in [-0.2, -0.15) is 0 Å². The Hall–Kier alpha value is -2.62. The highest BCUT2D eigenvalue weighted by Crippen LogP contribution is 2.39. The lowest BCUT2D eigenvalue weighted by atomic mass is 10.0. The Morgan fingerprint density at radius 1 is 0.714 bits per heavy atom. The zero-order chi connectivity index (χ0) is 14.4. The number of nitrogens with one attached hydrogen (secondary N) is 2. The van der Waals surface area contributed by atoms with E-state index in [1.54, 1.807) is 0 Å². The molecule has 0 amide bonds. The molecule has 0 atom stereocenters. The summed E-state index contributed by atoms with van der Waals surface area (Å²) in [5.41, 5.74) is 1.74. The van der Waals surface area contributed by atoms with E-state index in [0.29, 0.717) is 0 Å². The highest BCUT2D eigenvalue weighted by molar-refractivity contribution is 6.04. The van der Waals surface area contributed by atoms with Gasteiger partial charge in [-0.05, 0) is 29.7 Å². The summed E-state index contributed by atoms with van der Waals surface area (Å²) in [4.78, 5) is 0. The van der Waals surface area contributed by atoms with E-state index < -0.39 is 17.8 Å². The summed E-state index contributed by atoms with van der Waals surface area (Å²) in [6.45, 7) is 0. The molecule has 0 aliphatic carbocycles. The molecule has 0 saturated heterocycles. The molecule has 1 heterocycles. The third-order valence-electron chi connectivity index (χ3n) is 3.79. The second kappa shape index (κ2) is 4.45. The largest absolute Gasteiger partial charge is 0.361 e. The monoisotopic (exact) mass is 282 g/mol. The fourth-order valence-corrected chi connectivity index (χ4v) is 2.86. The summed E-state index contributed by atoms with van der Waals surface area (Å²) >= 11 is 0. The second-order valence-electron chi connectivity index (χ2n) is 5.07. The Labute approximate surface area is 120 Å². The van der Waals surface area contributed by atoms with Crippen molar-refractivity contribution in [3.63, 3.8) is 0 Å². The first kappa shape index (κ1) is 12.1. The Kier molecular flexibility index (Phi) is 2.57. The third kappa shape index (κ3) is 1.83. The third-order valence-corrected chi connectivity index (χ3v) is 3.79. The van der Waals surface area contributed by atoms with Crippen LogP contribution in [0.15, 0.2) is 54.6 Å². The number of hydrogen-bond donors (Lipinski definition) is 2. The van der Waals surface area contributed by atoms with Crippen molar-refractivity contribution in [3.05, 3.63) is 71.8 Å². The lowest BCUT2D eigenvalue weighted by Gasteiger charge is -2.30. The van der Waals surface area contributed by atoms with Gasteiger partial charge in [0.15, 0.2) is 0 Å². The fourth-order valence-electron chi connectivity index (χ4n) is 2.86. The van der Waals surface area contributed by atoms with Crippen LogP contribution >= 0.6 is 0 Å². The average Bonchev–Trinajstić information content (AvgIpc) is 2.47. The van der Waals surface area contributed by atoms with E-state index in [1.807, 2.05) is 36.4 Å². The van der Waals surface area contributed by atoms with Gasteiger partial charge in [-0.1, -0.05) is 30.3 Å². The summed E-state index contributed by atoms with van der Waals surface area (Å²) in [5, 5.41) is 8.45. The topological polar surface area (TPSA) is 24.1 Å². The normalized spacial score (nSPS) is 13.8. The maximum Gasteiger partial charge on any atom is 0.133 e. The maximum atomic E-state index is 14.0. The number of anilines is 2. The fraction of sp³-hybridized carbons (Fsp3) is 0.0588. The molecule has 4 heteroatoms. The molecular formula is C17H12F2N2. The quantitative estimate of drug-likeness (QED) is 0.678. The first-order valence-corrected chi connectivity index (χ1v) is 6.73. The summed E-state index contributed by atoms with van der Waals surface area (Å²) in [5.74, 6) is -1.13. The highest BCUT2D eigenvalue weighted by Gasteiger charge is 2.25. The SMILES string of the molecule is Fc1cccc(F)c1C1Nc2cccc3cccc(c23)N1. The molecule has 3 aromatic carbocycles. The van der Waals surface area contributed by atoms with Crippen molar-refractivity contribution in [2.75, 3.05) is 10.6 Å². The smallest absolute Gasteiger partial charge is 0.133 e. The molecular weight excluding hydrogens is 270 g/mol. The molecule has 21 heavy (non-hydrogen) atoms. The molecule has 104 valence electrons. The van der Waals surface area contributed by atoms with Crippen LogP contribution in [0.3, 0.4) is 0 Å². The van der Waals surface area contributed by atoms with Gasteiger partial charge in [0.25, 0.3) is 0 Å². The van der Waals surface area contributed by atoms with E-state index in [4.69, 9.17) is 0 Å². The number of halogens is 2. The highest BCUT2D eigenvalue weighted by atomic mass is 19.1. The van der Waals surface area contributed by atoms with Gasteiger partial charge in [0.1, 0.15) is 17.8 Å². The zero-order valence-electron chi connectivity index (χ0n) is 11.0. The molecule has 0 fully saturated rings. The van der Waals surface area contributed by atoms with Crippen molar-refractivity contribution in [3.8, 4) is 0 Å². The summed E-state index contributed by atoms with van der Waals surface area (Å²) in [6.07, 6.45) is -0.633. The molecule has 1 aliphatic rings. The minimum atomic E-state index is -0.633. The van der Waals surface area contributed by atoms with Crippen LogP contribution in [0.5, 0.6) is 0 Å². The lowest BCUT2D eigenvalue weighted by Crippen LogP contribution is -2.25. The maximum absolute atomic E-state index is 14.0. The van der Waals surface area contributed by atoms with Crippen molar-refractivity contribution in [2.24, 2.45) is 0 Å². The lowest BCUT2D eigenvalue weighted by molar-refractivity contribution is 0.546. The van der Waals surface area contributed by atoms with E-state index in [-0.39, 0.29) is 5.56 Å². The molecule has 2 N–H and O–H groups in total.